The van der Waals surface area contributed by atoms with E-state index in [1.54, 1.807) is 29.3 Å². The molecule has 3 aromatic carbocycles. The van der Waals surface area contributed by atoms with Crippen molar-refractivity contribution < 1.29 is 24.0 Å². The summed E-state index contributed by atoms with van der Waals surface area (Å²) in [6.07, 6.45) is -0.910. The van der Waals surface area contributed by atoms with Crippen LogP contribution < -0.4 is 5.06 Å². The van der Waals surface area contributed by atoms with Crippen LogP contribution in [0.15, 0.2) is 84.9 Å². The first-order valence-electron chi connectivity index (χ1n) is 10.7. The van der Waals surface area contributed by atoms with Crippen LogP contribution in [0.5, 0.6) is 0 Å². The molecule has 0 bridgehead atoms. The fourth-order valence-corrected chi connectivity index (χ4v) is 4.47. The Labute approximate surface area is 191 Å². The maximum absolute atomic E-state index is 13.5. The van der Waals surface area contributed by atoms with Crippen LogP contribution in [0.25, 0.3) is 0 Å². The predicted octanol–water partition coefficient (Wildman–Crippen LogP) is 3.52. The van der Waals surface area contributed by atoms with E-state index in [9.17, 15) is 14.4 Å². The summed E-state index contributed by atoms with van der Waals surface area (Å²) < 4.78 is 4.78. The number of rotatable bonds is 5. The van der Waals surface area contributed by atoms with Crippen molar-refractivity contribution in [3.63, 3.8) is 0 Å². The van der Waals surface area contributed by atoms with Crippen molar-refractivity contribution in [2.75, 3.05) is 12.2 Å². The van der Waals surface area contributed by atoms with E-state index in [1.165, 1.54) is 12.0 Å². The van der Waals surface area contributed by atoms with Crippen LogP contribution in [-0.4, -0.2) is 35.9 Å². The van der Waals surface area contributed by atoms with Crippen molar-refractivity contribution in [2.24, 2.45) is 5.92 Å². The molecular formula is C26H22N2O5. The molecule has 33 heavy (non-hydrogen) atoms. The Balaban J connectivity index is 1.51. The van der Waals surface area contributed by atoms with E-state index in [0.29, 0.717) is 5.56 Å². The zero-order valence-corrected chi connectivity index (χ0v) is 18.0. The van der Waals surface area contributed by atoms with Gasteiger partial charge < -0.3 is 4.74 Å². The summed E-state index contributed by atoms with van der Waals surface area (Å²) in [6, 6.07) is 25.1. The molecule has 0 N–H and O–H groups in total. The average Bonchev–Trinajstić information content (AvgIpc) is 3.37. The lowest BCUT2D eigenvalue weighted by molar-refractivity contribution is -0.143. The number of hydroxylamine groups is 1. The molecule has 3 unspecified atom stereocenters. The van der Waals surface area contributed by atoms with E-state index in [-0.39, 0.29) is 18.4 Å². The van der Waals surface area contributed by atoms with E-state index < -0.39 is 24.0 Å². The van der Waals surface area contributed by atoms with Crippen molar-refractivity contribution in [1.29, 1.82) is 0 Å². The van der Waals surface area contributed by atoms with Crippen LogP contribution in [0.2, 0.25) is 0 Å². The van der Waals surface area contributed by atoms with Gasteiger partial charge in [-0.25, -0.2) is 9.86 Å². The van der Waals surface area contributed by atoms with Gasteiger partial charge in [-0.15, -0.1) is 0 Å². The van der Waals surface area contributed by atoms with Gasteiger partial charge in [0.25, 0.3) is 5.91 Å². The highest BCUT2D eigenvalue weighted by Crippen LogP contribution is 2.46. The summed E-state index contributed by atoms with van der Waals surface area (Å²) in [5.41, 5.74) is 2.78. The first kappa shape index (κ1) is 20.9. The van der Waals surface area contributed by atoms with E-state index >= 15 is 0 Å². The Hall–Kier alpha value is -3.97. The number of imide groups is 1. The number of likely N-dealkylation sites (tertiary alicyclic amines) is 1. The smallest absolute Gasteiger partial charge is 0.337 e. The molecule has 7 nitrogen and oxygen atoms in total. The molecule has 3 aromatic rings. The fraction of sp³-hybridized carbons (Fsp3) is 0.192. The summed E-state index contributed by atoms with van der Waals surface area (Å²) in [7, 11) is 1.33. The lowest BCUT2D eigenvalue weighted by Gasteiger charge is -2.28. The van der Waals surface area contributed by atoms with Gasteiger partial charge in [0.1, 0.15) is 5.92 Å². The number of methoxy groups -OCH3 is 1. The number of amides is 2. The highest BCUT2D eigenvalue weighted by Gasteiger charge is 2.59. The van der Waals surface area contributed by atoms with E-state index in [4.69, 9.17) is 9.57 Å². The molecule has 166 valence electrons. The number of benzene rings is 3. The van der Waals surface area contributed by atoms with Gasteiger partial charge in [0, 0.05) is 0 Å². The number of para-hydroxylation sites is 1. The molecular weight excluding hydrogens is 420 g/mol. The van der Waals surface area contributed by atoms with E-state index in [2.05, 4.69) is 0 Å². The number of hydrogen-bond donors (Lipinski definition) is 0. The van der Waals surface area contributed by atoms with Crippen molar-refractivity contribution in [2.45, 2.75) is 18.7 Å². The average molecular weight is 442 g/mol. The number of carbonyl (C=O) groups is 3. The van der Waals surface area contributed by atoms with Crippen molar-refractivity contribution in [3.8, 4) is 0 Å². The lowest BCUT2D eigenvalue weighted by atomic mass is 9.90. The molecule has 2 heterocycles. The van der Waals surface area contributed by atoms with E-state index in [1.807, 2.05) is 60.7 Å². The summed E-state index contributed by atoms with van der Waals surface area (Å²) in [6.45, 7) is 0.203. The molecule has 2 fully saturated rings. The first-order chi connectivity index (χ1) is 16.1. The van der Waals surface area contributed by atoms with Gasteiger partial charge in [0.2, 0.25) is 5.91 Å². The van der Waals surface area contributed by atoms with Gasteiger partial charge >= 0.3 is 5.97 Å². The zero-order valence-electron chi connectivity index (χ0n) is 18.0. The minimum atomic E-state index is -0.910. The van der Waals surface area contributed by atoms with Gasteiger partial charge in [-0.05, 0) is 35.4 Å². The number of fused-ring (bicyclic) bond motifs is 1. The largest absolute Gasteiger partial charge is 0.465 e. The summed E-state index contributed by atoms with van der Waals surface area (Å²) in [5.74, 6) is -1.76. The molecule has 0 radical (unpaired) electrons. The number of hydrogen-bond acceptors (Lipinski definition) is 6. The van der Waals surface area contributed by atoms with Crippen molar-refractivity contribution in [3.05, 3.63) is 102 Å². The van der Waals surface area contributed by atoms with Crippen molar-refractivity contribution in [1.82, 2.24) is 4.90 Å². The Kier molecular flexibility index (Phi) is 5.40. The molecule has 2 aliphatic rings. The molecule has 3 atom stereocenters. The van der Waals surface area contributed by atoms with Crippen LogP contribution in [-0.2, 0) is 25.7 Å². The number of anilines is 1. The molecule has 5 rings (SSSR count). The highest BCUT2D eigenvalue weighted by atomic mass is 16.7. The third kappa shape index (κ3) is 3.66. The number of esters is 1. The number of carbonyl (C=O) groups excluding carboxylic acids is 3. The second-order valence-corrected chi connectivity index (χ2v) is 8.02. The Morgan fingerprint density at radius 2 is 1.52 bits per heavy atom. The molecule has 0 aromatic heterocycles. The maximum Gasteiger partial charge on any atom is 0.337 e. The van der Waals surface area contributed by atoms with Crippen molar-refractivity contribution >= 4 is 23.5 Å². The molecule has 2 aliphatic heterocycles. The predicted molar refractivity (Wildman–Crippen MR) is 120 cm³/mol. The Morgan fingerprint density at radius 1 is 0.879 bits per heavy atom. The summed E-state index contributed by atoms with van der Waals surface area (Å²) in [4.78, 5) is 46.0. The summed E-state index contributed by atoms with van der Waals surface area (Å²) in [5, 5.41) is 1.64. The standard InChI is InChI=1S/C26H22N2O5/c1-32-26(31)19-14-12-18(13-15-19)22-21-23(33-28(22)20-10-6-3-7-11-20)25(30)27(24(21)29)16-17-8-4-2-5-9-17/h2-15,21-23H,16H2,1H3. The van der Waals surface area contributed by atoms with Crippen LogP contribution >= 0.6 is 0 Å². The van der Waals surface area contributed by atoms with Gasteiger partial charge in [0.05, 0.1) is 30.9 Å². The molecule has 0 saturated carbocycles. The third-order valence-electron chi connectivity index (χ3n) is 6.07. The number of nitrogens with zero attached hydrogens (tertiary/aromatic N) is 2. The lowest BCUT2D eigenvalue weighted by Crippen LogP contribution is -2.36. The van der Waals surface area contributed by atoms with Crippen LogP contribution in [0, 0.1) is 5.92 Å². The van der Waals surface area contributed by atoms with Gasteiger partial charge in [-0.3, -0.25) is 19.3 Å². The Bertz CT molecular complexity index is 1180. The van der Waals surface area contributed by atoms with Crippen LogP contribution in [0.4, 0.5) is 5.69 Å². The third-order valence-corrected chi connectivity index (χ3v) is 6.07. The monoisotopic (exact) mass is 442 g/mol. The highest BCUT2D eigenvalue weighted by molar-refractivity contribution is 6.07. The maximum atomic E-state index is 13.5. The molecule has 2 saturated heterocycles. The molecule has 2 amide bonds. The van der Waals surface area contributed by atoms with E-state index in [0.717, 1.165) is 16.8 Å². The van der Waals surface area contributed by atoms with Crippen LogP contribution in [0.1, 0.15) is 27.5 Å². The Morgan fingerprint density at radius 3 is 2.15 bits per heavy atom. The second kappa shape index (κ2) is 8.52. The minimum Gasteiger partial charge on any atom is -0.465 e. The fourth-order valence-electron chi connectivity index (χ4n) is 4.47. The van der Waals surface area contributed by atoms with Gasteiger partial charge in [-0.1, -0.05) is 60.7 Å². The first-order valence-corrected chi connectivity index (χ1v) is 10.7. The van der Waals surface area contributed by atoms with Crippen LogP contribution in [0.3, 0.4) is 0 Å². The zero-order chi connectivity index (χ0) is 22.9. The van der Waals surface area contributed by atoms with Gasteiger partial charge in [-0.2, -0.15) is 0 Å². The quantitative estimate of drug-likeness (QED) is 0.445. The molecule has 0 spiro atoms. The van der Waals surface area contributed by atoms with Gasteiger partial charge in [0.15, 0.2) is 6.10 Å². The second-order valence-electron chi connectivity index (χ2n) is 8.02. The minimum absolute atomic E-state index is 0.203. The number of ether oxygens (including phenoxy) is 1. The summed E-state index contributed by atoms with van der Waals surface area (Å²) >= 11 is 0. The topological polar surface area (TPSA) is 76.2 Å². The molecule has 7 heteroatoms. The normalized spacial score (nSPS) is 21.9. The SMILES string of the molecule is COC(=O)c1ccc(C2C3C(=O)N(Cc4ccccc4)C(=O)C3ON2c2ccccc2)cc1. The molecule has 0 aliphatic carbocycles.